The molecule has 0 saturated carbocycles. The first-order chi connectivity index (χ1) is 17.0. The first kappa shape index (κ1) is 24.3. The summed E-state index contributed by atoms with van der Waals surface area (Å²) in [6.45, 7) is 2.17. The van der Waals surface area contributed by atoms with E-state index in [1.807, 2.05) is 60.8 Å². The summed E-state index contributed by atoms with van der Waals surface area (Å²) in [7, 11) is 1.57. The molecule has 1 unspecified atom stereocenters. The second-order valence-corrected chi connectivity index (χ2v) is 9.36. The number of aryl methyl sites for hydroxylation is 1. The third-order valence-corrected chi connectivity index (χ3v) is 6.96. The fraction of sp³-hybridized carbons (Fsp3) is 0.296. The molecule has 1 aromatic carbocycles. The van der Waals surface area contributed by atoms with Crippen LogP contribution in [-0.2, 0) is 4.79 Å². The van der Waals surface area contributed by atoms with Crippen molar-refractivity contribution in [2.75, 3.05) is 13.6 Å². The van der Waals surface area contributed by atoms with Gasteiger partial charge in [0.2, 0.25) is 5.91 Å². The average molecular weight is 486 g/mol. The quantitative estimate of drug-likeness (QED) is 0.409. The van der Waals surface area contributed by atoms with Crippen molar-refractivity contribution in [2.45, 2.75) is 37.9 Å². The second-order valence-electron chi connectivity index (χ2n) is 8.45. The smallest absolute Gasteiger partial charge is 0.264 e. The molecular formula is C27H27N5O2S. The van der Waals surface area contributed by atoms with Gasteiger partial charge in [-0.2, -0.15) is 10.2 Å². The maximum atomic E-state index is 13.9. The summed E-state index contributed by atoms with van der Waals surface area (Å²) in [5, 5.41) is 13.1. The van der Waals surface area contributed by atoms with Gasteiger partial charge in [0, 0.05) is 50.3 Å². The molecule has 1 atom stereocenters. The monoisotopic (exact) mass is 485 g/mol. The topological polar surface area (TPSA) is 87.0 Å². The molecule has 4 rings (SSSR count). The van der Waals surface area contributed by atoms with Crippen LogP contribution in [0.15, 0.2) is 70.3 Å². The summed E-state index contributed by atoms with van der Waals surface area (Å²) in [6.07, 6.45) is 8.75. The highest BCUT2D eigenvalue weighted by Crippen LogP contribution is 2.38. The van der Waals surface area contributed by atoms with E-state index in [-0.39, 0.29) is 11.8 Å². The van der Waals surface area contributed by atoms with E-state index in [1.54, 1.807) is 18.1 Å². The zero-order valence-corrected chi connectivity index (χ0v) is 20.6. The largest absolute Gasteiger partial charge is 0.357 e. The van der Waals surface area contributed by atoms with Gasteiger partial charge in [-0.25, -0.2) is 0 Å². The van der Waals surface area contributed by atoms with Gasteiger partial charge >= 0.3 is 0 Å². The molecular weight excluding hydrogens is 458 g/mol. The number of terminal acetylenes is 1. The van der Waals surface area contributed by atoms with E-state index in [9.17, 15) is 9.59 Å². The van der Waals surface area contributed by atoms with Gasteiger partial charge in [0.15, 0.2) is 5.66 Å². The average Bonchev–Trinajstić information content (AvgIpc) is 3.48. The van der Waals surface area contributed by atoms with Crippen LogP contribution in [-0.4, -0.2) is 41.0 Å². The van der Waals surface area contributed by atoms with E-state index in [0.29, 0.717) is 36.2 Å². The molecule has 2 amide bonds. The molecule has 7 nitrogen and oxygen atoms in total. The number of thiophene rings is 1. The fourth-order valence-corrected chi connectivity index (χ4v) is 4.81. The van der Waals surface area contributed by atoms with Crippen LogP contribution in [0.2, 0.25) is 0 Å². The van der Waals surface area contributed by atoms with Crippen molar-refractivity contribution in [3.05, 3.63) is 76.2 Å². The summed E-state index contributed by atoms with van der Waals surface area (Å²) < 4.78 is 0. The number of rotatable bonds is 10. The van der Waals surface area contributed by atoms with Gasteiger partial charge < -0.3 is 10.2 Å². The van der Waals surface area contributed by atoms with Crippen LogP contribution in [0.1, 0.15) is 46.2 Å². The lowest BCUT2D eigenvalue weighted by atomic mass is 10.0. The lowest BCUT2D eigenvalue weighted by Gasteiger charge is -2.31. The Bertz CT molecular complexity index is 1250. The fourth-order valence-electron chi connectivity index (χ4n) is 3.94. The van der Waals surface area contributed by atoms with Gasteiger partial charge in [-0.1, -0.05) is 36.4 Å². The Balaban J connectivity index is 1.67. The molecule has 35 heavy (non-hydrogen) atoms. The molecule has 1 aliphatic heterocycles. The Morgan fingerprint density at radius 3 is 2.54 bits per heavy atom. The Kier molecular flexibility index (Phi) is 7.37. The number of amides is 2. The zero-order valence-electron chi connectivity index (χ0n) is 19.8. The highest BCUT2D eigenvalue weighted by atomic mass is 32.1. The van der Waals surface area contributed by atoms with Gasteiger partial charge in [0.05, 0.1) is 4.88 Å². The minimum atomic E-state index is -0.841. The molecule has 1 N–H and O–H groups in total. The lowest BCUT2D eigenvalue weighted by Crippen LogP contribution is -2.44. The summed E-state index contributed by atoms with van der Waals surface area (Å²) in [5.74, 6) is 2.12. The van der Waals surface area contributed by atoms with E-state index < -0.39 is 11.7 Å². The highest BCUT2D eigenvalue weighted by Gasteiger charge is 2.41. The standard InChI is InChI=1S/C27H27N5O2S/c1-4-5-13-27(30-31-27)14-15-32(24(25(33)28-3)21-12-11-19(2)29-17-21)26(34)23-16-22(18-35-23)20-9-7-6-8-10-20/h1,6-12,16-18,24H,5,13-15H2,2-3H3,(H,28,33). The van der Waals surface area contributed by atoms with Crippen LogP contribution in [0, 0.1) is 19.3 Å². The Morgan fingerprint density at radius 1 is 1.14 bits per heavy atom. The molecule has 0 aliphatic carbocycles. The van der Waals surface area contributed by atoms with E-state index in [2.05, 4.69) is 26.4 Å². The zero-order chi connectivity index (χ0) is 24.8. The van der Waals surface area contributed by atoms with Crippen LogP contribution in [0.4, 0.5) is 0 Å². The van der Waals surface area contributed by atoms with E-state index in [1.165, 1.54) is 11.3 Å². The number of likely N-dealkylation sites (N-methyl/N-ethyl adjacent to an activating group) is 1. The SMILES string of the molecule is C#CCCC1(CCN(C(=O)c2cc(-c3ccccc3)cs2)C(C(=O)NC)c2ccc(C)nc2)N=N1. The number of nitrogens with zero attached hydrogens (tertiary/aromatic N) is 4. The summed E-state index contributed by atoms with van der Waals surface area (Å²) in [6, 6.07) is 14.6. The number of carbonyl (C=O) groups excluding carboxylic acids is 2. The predicted molar refractivity (Wildman–Crippen MR) is 137 cm³/mol. The second kappa shape index (κ2) is 10.6. The Hall–Kier alpha value is -3.83. The minimum Gasteiger partial charge on any atom is -0.357 e. The number of carbonyl (C=O) groups is 2. The number of aromatic nitrogens is 1. The number of benzene rings is 1. The van der Waals surface area contributed by atoms with Crippen molar-refractivity contribution in [2.24, 2.45) is 10.2 Å². The van der Waals surface area contributed by atoms with Crippen LogP contribution in [0.5, 0.6) is 0 Å². The molecule has 8 heteroatoms. The summed E-state index contributed by atoms with van der Waals surface area (Å²) in [5.41, 5.74) is 2.89. The van der Waals surface area contributed by atoms with Gasteiger partial charge in [-0.3, -0.25) is 14.6 Å². The van der Waals surface area contributed by atoms with Gasteiger partial charge in [0.1, 0.15) is 6.04 Å². The van der Waals surface area contributed by atoms with Crippen molar-refractivity contribution in [3.8, 4) is 23.5 Å². The van der Waals surface area contributed by atoms with Crippen molar-refractivity contribution >= 4 is 23.2 Å². The predicted octanol–water partition coefficient (Wildman–Crippen LogP) is 5.01. The third kappa shape index (κ3) is 5.64. The van der Waals surface area contributed by atoms with E-state index >= 15 is 0 Å². The van der Waals surface area contributed by atoms with Crippen molar-refractivity contribution in [1.29, 1.82) is 0 Å². The van der Waals surface area contributed by atoms with Crippen LogP contribution >= 0.6 is 11.3 Å². The van der Waals surface area contributed by atoms with Crippen LogP contribution < -0.4 is 5.32 Å². The first-order valence-electron chi connectivity index (χ1n) is 11.4. The highest BCUT2D eigenvalue weighted by molar-refractivity contribution is 7.12. The minimum absolute atomic E-state index is 0.223. The Morgan fingerprint density at radius 2 is 1.91 bits per heavy atom. The molecule has 0 saturated heterocycles. The number of hydrogen-bond acceptors (Lipinski definition) is 6. The molecule has 0 radical (unpaired) electrons. The van der Waals surface area contributed by atoms with Crippen molar-refractivity contribution in [3.63, 3.8) is 0 Å². The molecule has 2 aromatic heterocycles. The van der Waals surface area contributed by atoms with Gasteiger partial charge in [0.25, 0.3) is 5.91 Å². The molecule has 3 aromatic rings. The number of hydrogen-bond donors (Lipinski definition) is 1. The lowest BCUT2D eigenvalue weighted by molar-refractivity contribution is -0.125. The summed E-state index contributed by atoms with van der Waals surface area (Å²) >= 11 is 1.37. The van der Waals surface area contributed by atoms with Crippen molar-refractivity contribution in [1.82, 2.24) is 15.2 Å². The van der Waals surface area contributed by atoms with E-state index in [0.717, 1.165) is 16.8 Å². The third-order valence-electron chi connectivity index (χ3n) is 6.04. The molecule has 178 valence electrons. The van der Waals surface area contributed by atoms with Gasteiger partial charge in [-0.05, 0) is 35.6 Å². The Labute approximate surface area is 209 Å². The maximum Gasteiger partial charge on any atom is 0.264 e. The van der Waals surface area contributed by atoms with Gasteiger partial charge in [-0.15, -0.1) is 23.7 Å². The molecule has 1 aliphatic rings. The maximum absolute atomic E-state index is 13.9. The number of pyridine rings is 1. The molecule has 3 heterocycles. The van der Waals surface area contributed by atoms with Crippen LogP contribution in [0.3, 0.4) is 0 Å². The van der Waals surface area contributed by atoms with E-state index in [4.69, 9.17) is 6.42 Å². The number of nitrogens with one attached hydrogen (secondary N) is 1. The normalized spacial score (nSPS) is 14.1. The molecule has 0 spiro atoms. The molecule has 0 fully saturated rings. The van der Waals surface area contributed by atoms with Crippen molar-refractivity contribution < 1.29 is 9.59 Å². The summed E-state index contributed by atoms with van der Waals surface area (Å²) in [4.78, 5) is 33.5. The van der Waals surface area contributed by atoms with Crippen LogP contribution in [0.25, 0.3) is 11.1 Å². The first-order valence-corrected chi connectivity index (χ1v) is 12.3. The molecule has 0 bridgehead atoms.